The smallest absolute Gasteiger partial charge is 0.302 e. The van der Waals surface area contributed by atoms with Gasteiger partial charge in [-0.1, -0.05) is 18.2 Å². The fourth-order valence-electron chi connectivity index (χ4n) is 3.71. The molecule has 5 aromatic rings. The average Bonchev–Trinajstić information content (AvgIpc) is 3.26. The third-order valence-electron chi connectivity index (χ3n) is 5.46. The Bertz CT molecular complexity index is 1510. The van der Waals surface area contributed by atoms with Crippen molar-refractivity contribution in [3.63, 3.8) is 0 Å². The number of hydrogen-bond acceptors (Lipinski definition) is 7. The number of fused-ring (bicyclic) bond motifs is 1. The van der Waals surface area contributed by atoms with Gasteiger partial charge in [0.05, 0.1) is 17.0 Å². The second-order valence-electron chi connectivity index (χ2n) is 7.88. The number of carbonyl (C=O) groups is 1. The highest BCUT2D eigenvalue weighted by Gasteiger charge is 2.19. The monoisotopic (exact) mass is 484 g/mol. The SMILES string of the molecule is CC(=O)OCc1ccc(-c2ccc3nc(-c4cccnc4N)n(-c4ccc(CCl)cc4)c3n2)nc1. The van der Waals surface area contributed by atoms with Crippen LogP contribution in [-0.2, 0) is 22.0 Å². The number of alkyl halides is 1. The number of ether oxygens (including phenoxy) is 1. The van der Waals surface area contributed by atoms with Crippen LogP contribution in [0.4, 0.5) is 5.82 Å². The molecule has 1 aromatic carbocycles. The van der Waals surface area contributed by atoms with Crippen LogP contribution in [0.3, 0.4) is 0 Å². The molecule has 9 heteroatoms. The normalized spacial score (nSPS) is 11.0. The summed E-state index contributed by atoms with van der Waals surface area (Å²) in [6.45, 7) is 1.55. The topological polar surface area (TPSA) is 109 Å². The van der Waals surface area contributed by atoms with Crippen molar-refractivity contribution in [1.82, 2.24) is 24.5 Å². The average molecular weight is 485 g/mol. The molecule has 0 spiro atoms. The Morgan fingerprint density at radius 2 is 1.74 bits per heavy atom. The van der Waals surface area contributed by atoms with Crippen molar-refractivity contribution in [3.8, 4) is 28.5 Å². The Morgan fingerprint density at radius 1 is 0.971 bits per heavy atom. The van der Waals surface area contributed by atoms with E-state index in [0.717, 1.165) is 16.8 Å². The predicted octanol–water partition coefficient (Wildman–Crippen LogP) is 4.93. The fraction of sp³-hybridized carbons (Fsp3) is 0.115. The summed E-state index contributed by atoms with van der Waals surface area (Å²) in [5.41, 5.74) is 12.3. The summed E-state index contributed by atoms with van der Waals surface area (Å²) in [4.78, 5) is 29.6. The van der Waals surface area contributed by atoms with Crippen LogP contribution in [0.5, 0.6) is 0 Å². The Balaban J connectivity index is 1.64. The van der Waals surface area contributed by atoms with E-state index < -0.39 is 0 Å². The van der Waals surface area contributed by atoms with Gasteiger partial charge >= 0.3 is 5.97 Å². The van der Waals surface area contributed by atoms with E-state index in [-0.39, 0.29) is 12.6 Å². The number of carbonyl (C=O) groups excluding carboxylic acids is 1. The van der Waals surface area contributed by atoms with Gasteiger partial charge < -0.3 is 10.5 Å². The fourth-order valence-corrected chi connectivity index (χ4v) is 3.89. The summed E-state index contributed by atoms with van der Waals surface area (Å²) < 4.78 is 6.99. The van der Waals surface area contributed by atoms with Crippen molar-refractivity contribution in [2.75, 3.05) is 5.73 Å². The van der Waals surface area contributed by atoms with Crippen LogP contribution in [0.25, 0.3) is 39.6 Å². The lowest BCUT2D eigenvalue weighted by atomic mass is 10.2. The number of halogens is 1. The maximum Gasteiger partial charge on any atom is 0.302 e. The summed E-state index contributed by atoms with van der Waals surface area (Å²) in [5.74, 6) is 1.11. The molecule has 0 aliphatic carbocycles. The number of aromatic nitrogens is 5. The van der Waals surface area contributed by atoms with E-state index in [1.54, 1.807) is 12.4 Å². The van der Waals surface area contributed by atoms with Crippen LogP contribution >= 0.6 is 11.6 Å². The predicted molar refractivity (Wildman–Crippen MR) is 135 cm³/mol. The Labute approximate surface area is 206 Å². The summed E-state index contributed by atoms with van der Waals surface area (Å²) in [5, 5.41) is 0. The summed E-state index contributed by atoms with van der Waals surface area (Å²) >= 11 is 5.99. The summed E-state index contributed by atoms with van der Waals surface area (Å²) in [7, 11) is 0. The van der Waals surface area contributed by atoms with Gasteiger partial charge in [0.25, 0.3) is 0 Å². The third-order valence-corrected chi connectivity index (χ3v) is 5.77. The van der Waals surface area contributed by atoms with E-state index >= 15 is 0 Å². The molecule has 0 aliphatic rings. The molecule has 174 valence electrons. The first kappa shape index (κ1) is 22.5. The number of nitrogens with zero attached hydrogens (tertiary/aromatic N) is 5. The molecular weight excluding hydrogens is 464 g/mol. The van der Waals surface area contributed by atoms with Crippen LogP contribution in [0.2, 0.25) is 0 Å². The first-order chi connectivity index (χ1) is 17.0. The van der Waals surface area contributed by atoms with Gasteiger partial charge in [-0.25, -0.2) is 15.0 Å². The molecule has 0 bridgehead atoms. The van der Waals surface area contributed by atoms with E-state index in [0.29, 0.717) is 45.6 Å². The molecular formula is C26H21ClN6O2. The number of nitrogens with two attached hydrogens (primary N) is 1. The van der Waals surface area contributed by atoms with Crippen LogP contribution < -0.4 is 5.73 Å². The van der Waals surface area contributed by atoms with Gasteiger partial charge in [-0.3, -0.25) is 14.3 Å². The molecule has 0 atom stereocenters. The maximum absolute atomic E-state index is 11.1. The number of nitrogen functional groups attached to an aromatic ring is 1. The summed E-state index contributed by atoms with van der Waals surface area (Å²) in [6.07, 6.45) is 3.32. The van der Waals surface area contributed by atoms with Crippen LogP contribution in [0.1, 0.15) is 18.1 Å². The number of rotatable bonds is 6. The molecule has 0 aliphatic heterocycles. The lowest BCUT2D eigenvalue weighted by Crippen LogP contribution is -2.02. The van der Waals surface area contributed by atoms with Crippen molar-refractivity contribution in [2.45, 2.75) is 19.4 Å². The second-order valence-corrected chi connectivity index (χ2v) is 8.15. The van der Waals surface area contributed by atoms with Crippen molar-refractivity contribution in [3.05, 3.63) is 84.2 Å². The quantitative estimate of drug-likeness (QED) is 0.269. The van der Waals surface area contributed by atoms with Crippen LogP contribution in [0.15, 0.2) is 73.1 Å². The minimum Gasteiger partial charge on any atom is -0.461 e. The molecule has 5 rings (SSSR count). The Kier molecular flexibility index (Phi) is 6.12. The van der Waals surface area contributed by atoms with Crippen molar-refractivity contribution < 1.29 is 9.53 Å². The minimum absolute atomic E-state index is 0.177. The molecule has 8 nitrogen and oxygen atoms in total. The molecule has 0 radical (unpaired) electrons. The van der Waals surface area contributed by atoms with Crippen molar-refractivity contribution in [1.29, 1.82) is 0 Å². The highest BCUT2D eigenvalue weighted by atomic mass is 35.5. The summed E-state index contributed by atoms with van der Waals surface area (Å²) in [6, 6.07) is 19.1. The van der Waals surface area contributed by atoms with E-state index in [9.17, 15) is 4.79 Å². The van der Waals surface area contributed by atoms with Gasteiger partial charge in [0.15, 0.2) is 11.5 Å². The highest BCUT2D eigenvalue weighted by molar-refractivity contribution is 6.17. The van der Waals surface area contributed by atoms with Gasteiger partial charge in [0.1, 0.15) is 17.9 Å². The molecule has 4 aromatic heterocycles. The molecule has 35 heavy (non-hydrogen) atoms. The molecule has 4 heterocycles. The largest absolute Gasteiger partial charge is 0.461 e. The number of imidazole rings is 1. The van der Waals surface area contributed by atoms with E-state index in [1.165, 1.54) is 6.92 Å². The van der Waals surface area contributed by atoms with E-state index in [2.05, 4.69) is 9.97 Å². The minimum atomic E-state index is -0.335. The molecule has 0 fully saturated rings. The highest BCUT2D eigenvalue weighted by Crippen LogP contribution is 2.31. The number of anilines is 1. The standard InChI is InChI=1S/C26H21ClN6O2/c1-16(34)35-15-18-6-9-21(30-14-18)22-10-11-23-26(31-22)33(19-7-4-17(13-27)5-8-19)25(32-23)20-3-2-12-29-24(20)28/h2-12,14H,13,15H2,1H3,(H2,28,29). The third kappa shape index (κ3) is 4.56. The van der Waals surface area contributed by atoms with Crippen LogP contribution in [0, 0.1) is 0 Å². The van der Waals surface area contributed by atoms with Crippen molar-refractivity contribution >= 4 is 34.6 Å². The van der Waals surface area contributed by atoms with Crippen molar-refractivity contribution in [2.24, 2.45) is 0 Å². The number of hydrogen-bond donors (Lipinski definition) is 1. The molecule has 0 amide bonds. The van der Waals surface area contributed by atoms with E-state index in [1.807, 2.05) is 65.2 Å². The Hall–Kier alpha value is -4.30. The Morgan fingerprint density at radius 3 is 2.43 bits per heavy atom. The first-order valence-corrected chi connectivity index (χ1v) is 11.4. The second kappa shape index (κ2) is 9.52. The van der Waals surface area contributed by atoms with Crippen LogP contribution in [-0.4, -0.2) is 30.5 Å². The van der Waals surface area contributed by atoms with E-state index in [4.69, 9.17) is 32.0 Å². The molecule has 2 N–H and O–H groups in total. The molecule has 0 saturated heterocycles. The number of pyridine rings is 3. The maximum atomic E-state index is 11.1. The number of benzene rings is 1. The van der Waals surface area contributed by atoms with Gasteiger partial charge in [-0.15, -0.1) is 11.6 Å². The zero-order chi connectivity index (χ0) is 24.4. The molecule has 0 saturated carbocycles. The zero-order valence-electron chi connectivity index (χ0n) is 18.9. The van der Waals surface area contributed by atoms with Gasteiger partial charge in [0, 0.05) is 36.4 Å². The number of esters is 1. The molecule has 0 unspecified atom stereocenters. The van der Waals surface area contributed by atoms with Gasteiger partial charge in [0.2, 0.25) is 0 Å². The first-order valence-electron chi connectivity index (χ1n) is 10.9. The lowest BCUT2D eigenvalue weighted by molar-refractivity contribution is -0.142. The zero-order valence-corrected chi connectivity index (χ0v) is 19.6. The van der Waals surface area contributed by atoms with Gasteiger partial charge in [-0.05, 0) is 48.0 Å². The lowest BCUT2D eigenvalue weighted by Gasteiger charge is -2.11. The van der Waals surface area contributed by atoms with Gasteiger partial charge in [-0.2, -0.15) is 0 Å².